The van der Waals surface area contributed by atoms with E-state index in [-0.39, 0.29) is 47.8 Å². The normalized spacial score (nSPS) is 15.9. The Morgan fingerprint density at radius 2 is 1.68 bits per heavy atom. The van der Waals surface area contributed by atoms with Gasteiger partial charge < -0.3 is 10.6 Å². The first-order valence-electron chi connectivity index (χ1n) is 17.3. The molecular weight excluding hydrogens is 732 g/mol. The number of carbonyl (C=O) groups is 6. The van der Waals surface area contributed by atoms with Gasteiger partial charge in [0.1, 0.15) is 11.7 Å². The van der Waals surface area contributed by atoms with E-state index >= 15 is 0 Å². The molecule has 6 rings (SSSR count). The number of thiophene rings is 1. The fourth-order valence-electron chi connectivity index (χ4n) is 6.34. The van der Waals surface area contributed by atoms with Crippen molar-refractivity contribution in [1.82, 2.24) is 35.4 Å². The molecule has 0 radical (unpaired) electrons. The Morgan fingerprint density at radius 3 is 2.40 bits per heavy atom. The van der Waals surface area contributed by atoms with Crippen molar-refractivity contribution < 1.29 is 37.5 Å². The molecule has 1 unspecified atom stereocenters. The summed E-state index contributed by atoms with van der Waals surface area (Å²) >= 11 is 6.70. The number of hydrogen-bond acceptors (Lipinski definition) is 9. The quantitative estimate of drug-likeness (QED) is 0.0782. The summed E-state index contributed by atoms with van der Waals surface area (Å²) in [5.74, 6) is -2.91. The minimum Gasteiger partial charge on any atom is -0.352 e. The maximum absolute atomic E-state index is 14.2. The van der Waals surface area contributed by atoms with Crippen LogP contribution in [0.2, 0.25) is 0 Å². The van der Waals surface area contributed by atoms with E-state index in [1.165, 1.54) is 29.5 Å². The number of hydrogen-bond donors (Lipinski definition) is 3. The summed E-state index contributed by atoms with van der Waals surface area (Å²) in [6.07, 6.45) is 6.50. The molecule has 17 heteroatoms. The summed E-state index contributed by atoms with van der Waals surface area (Å²) in [7, 11) is 0. The molecule has 1 fully saturated rings. The van der Waals surface area contributed by atoms with Crippen LogP contribution in [0.25, 0.3) is 16.2 Å². The van der Waals surface area contributed by atoms with E-state index in [0.29, 0.717) is 35.5 Å². The maximum atomic E-state index is 14.2. The van der Waals surface area contributed by atoms with Crippen molar-refractivity contribution in [3.63, 3.8) is 0 Å². The minimum absolute atomic E-state index is 0.0377. The van der Waals surface area contributed by atoms with Crippen LogP contribution in [0.3, 0.4) is 0 Å². The highest BCUT2D eigenvalue weighted by Crippen LogP contribution is 2.35. The molecule has 1 aromatic carbocycles. The molecule has 5 heterocycles. The Bertz CT molecular complexity index is 2070. The second-order valence-corrected chi connectivity index (χ2v) is 14.3. The van der Waals surface area contributed by atoms with E-state index < -0.39 is 46.7 Å². The topological polar surface area (TPSA) is 172 Å². The van der Waals surface area contributed by atoms with Crippen LogP contribution in [0.1, 0.15) is 107 Å². The summed E-state index contributed by atoms with van der Waals surface area (Å²) in [4.78, 5) is 80.7. The van der Waals surface area contributed by atoms with Crippen molar-refractivity contribution in [2.24, 2.45) is 0 Å². The van der Waals surface area contributed by atoms with Gasteiger partial charge >= 0.3 is 5.38 Å². The first kappa shape index (κ1) is 37.7. The molecule has 0 bridgehead atoms. The van der Waals surface area contributed by atoms with Gasteiger partial charge in [-0.05, 0) is 66.1 Å². The fourth-order valence-corrected chi connectivity index (χ4v) is 7.16. The number of carbonyl (C=O) groups excluding carboxylic acids is 6. The largest absolute Gasteiger partial charge is 0.364 e. The Morgan fingerprint density at radius 1 is 0.943 bits per heavy atom. The average molecular weight is 768 g/mol. The number of halogens is 3. The second-order valence-electron chi connectivity index (χ2n) is 12.9. The molecule has 6 amide bonds. The Labute approximate surface area is 311 Å². The van der Waals surface area contributed by atoms with Gasteiger partial charge in [0.15, 0.2) is 11.3 Å². The number of unbranched alkanes of at least 4 members (excludes halogenated alkanes) is 6. The van der Waals surface area contributed by atoms with Crippen molar-refractivity contribution in [3.8, 4) is 10.6 Å². The average Bonchev–Trinajstić information content (AvgIpc) is 3.87. The third-order valence-corrected chi connectivity index (χ3v) is 10.2. The van der Waals surface area contributed by atoms with Gasteiger partial charge in [0, 0.05) is 32.0 Å². The molecule has 4 aromatic rings. The van der Waals surface area contributed by atoms with Gasteiger partial charge in [-0.2, -0.15) is 13.9 Å². The fraction of sp³-hybridized carbons (Fsp3) is 0.389. The smallest absolute Gasteiger partial charge is 0.352 e. The molecule has 3 N–H and O–H groups in total. The lowest BCUT2D eigenvalue weighted by molar-refractivity contribution is -0.136. The van der Waals surface area contributed by atoms with Crippen LogP contribution in [0.4, 0.5) is 8.78 Å². The van der Waals surface area contributed by atoms with Crippen LogP contribution < -0.4 is 16.0 Å². The minimum atomic E-state index is -3.72. The van der Waals surface area contributed by atoms with Crippen molar-refractivity contribution in [1.29, 1.82) is 0 Å². The molecule has 1 atom stereocenters. The monoisotopic (exact) mass is 767 g/mol. The lowest BCUT2D eigenvalue weighted by Gasteiger charge is -2.27. The molecule has 53 heavy (non-hydrogen) atoms. The summed E-state index contributed by atoms with van der Waals surface area (Å²) in [6.45, 7) is 0.573. The zero-order valence-corrected chi connectivity index (χ0v) is 30.0. The zero-order valence-electron chi connectivity index (χ0n) is 28.5. The molecule has 0 saturated carbocycles. The van der Waals surface area contributed by atoms with E-state index in [2.05, 4.69) is 26.0 Å². The molecule has 0 spiro atoms. The van der Waals surface area contributed by atoms with E-state index in [0.717, 1.165) is 47.9 Å². The molecular formula is C36H36ClF2N7O6S. The molecule has 13 nitrogen and oxygen atoms in total. The van der Waals surface area contributed by atoms with Crippen LogP contribution in [0, 0.1) is 0 Å². The molecule has 0 aliphatic carbocycles. The highest BCUT2D eigenvalue weighted by molar-refractivity contribution is 7.13. The number of fused-ring (bicyclic) bond motifs is 2. The van der Waals surface area contributed by atoms with Crippen molar-refractivity contribution in [2.45, 2.75) is 82.2 Å². The van der Waals surface area contributed by atoms with Gasteiger partial charge in [-0.3, -0.25) is 39.0 Å². The number of alkyl halides is 3. The van der Waals surface area contributed by atoms with E-state index in [1.807, 2.05) is 0 Å². The van der Waals surface area contributed by atoms with Gasteiger partial charge in [-0.15, -0.1) is 11.3 Å². The lowest BCUT2D eigenvalue weighted by Crippen LogP contribution is -2.54. The summed E-state index contributed by atoms with van der Waals surface area (Å²) in [5.41, 5.74) is 0.773. The lowest BCUT2D eigenvalue weighted by atomic mass is 10.0. The van der Waals surface area contributed by atoms with Crippen LogP contribution in [-0.4, -0.2) is 67.5 Å². The van der Waals surface area contributed by atoms with Crippen LogP contribution in [0.5, 0.6) is 0 Å². The van der Waals surface area contributed by atoms with E-state index in [9.17, 15) is 37.5 Å². The van der Waals surface area contributed by atoms with Crippen molar-refractivity contribution >= 4 is 64.0 Å². The van der Waals surface area contributed by atoms with Crippen LogP contribution >= 0.6 is 22.9 Å². The number of nitrogens with one attached hydrogen (secondary N) is 3. The summed E-state index contributed by atoms with van der Waals surface area (Å²) in [5, 5.41) is 9.92. The van der Waals surface area contributed by atoms with Crippen LogP contribution in [0.15, 0.2) is 47.8 Å². The Kier molecular flexibility index (Phi) is 11.6. The predicted molar refractivity (Wildman–Crippen MR) is 190 cm³/mol. The SMILES string of the molecule is O=C(CCCCCCCCCNC(=O)c1cc2nc(-c3cccs3)cc(C(F)(F)Cl)n2n1)NCc1ccc2c(c1)C(=O)N(C1CCC(=O)NC1=O)C2=O. The summed E-state index contributed by atoms with van der Waals surface area (Å²) < 4.78 is 29.3. The number of rotatable bonds is 16. The van der Waals surface area contributed by atoms with Gasteiger partial charge in [-0.25, -0.2) is 9.50 Å². The Balaban J connectivity index is 0.851. The third-order valence-electron chi connectivity index (χ3n) is 9.08. The standard InChI is InChI=1S/C36H36ClF2N7O6S/c37-36(38,39)28-18-24(27-9-8-16-53-27)42-29-19-25(44-46(28)29)32(49)40-15-7-5-3-1-2-4-6-10-30(47)41-20-21-11-12-22-23(17-21)35(52)45(34(22)51)26-13-14-31(48)43-33(26)50/h8-9,11-12,16-19,26H,1-7,10,13-15,20H2,(H,40,49)(H,41,47)(H,43,48,50). The van der Waals surface area contributed by atoms with Gasteiger partial charge in [-0.1, -0.05) is 44.2 Å². The van der Waals surface area contributed by atoms with Crippen LogP contribution in [-0.2, 0) is 26.3 Å². The van der Waals surface area contributed by atoms with Gasteiger partial charge in [0.25, 0.3) is 17.7 Å². The van der Waals surface area contributed by atoms with Crippen molar-refractivity contribution in [2.75, 3.05) is 6.54 Å². The highest BCUT2D eigenvalue weighted by Gasteiger charge is 2.44. The molecule has 278 valence electrons. The molecule has 2 aliphatic heterocycles. The molecule has 3 aromatic heterocycles. The first-order valence-corrected chi connectivity index (χ1v) is 18.6. The summed E-state index contributed by atoms with van der Waals surface area (Å²) in [6, 6.07) is 9.75. The third kappa shape index (κ3) is 8.76. The second kappa shape index (κ2) is 16.3. The van der Waals surface area contributed by atoms with Gasteiger partial charge in [0.2, 0.25) is 17.7 Å². The van der Waals surface area contributed by atoms with Gasteiger partial charge in [0.05, 0.1) is 21.7 Å². The number of imide groups is 2. The van der Waals surface area contributed by atoms with Crippen molar-refractivity contribution in [3.05, 3.63) is 75.9 Å². The first-order chi connectivity index (χ1) is 25.4. The number of aromatic nitrogens is 3. The zero-order chi connectivity index (χ0) is 37.7. The molecule has 1 saturated heterocycles. The number of amides is 6. The number of benzene rings is 1. The maximum Gasteiger partial charge on any atom is 0.364 e. The number of nitrogens with zero attached hydrogens (tertiary/aromatic N) is 4. The highest BCUT2D eigenvalue weighted by atomic mass is 35.5. The number of piperidine rings is 1. The van der Waals surface area contributed by atoms with E-state index in [1.54, 1.807) is 29.6 Å². The predicted octanol–water partition coefficient (Wildman–Crippen LogP) is 5.31. The Hall–Kier alpha value is -5.09. The molecule has 2 aliphatic rings. The van der Waals surface area contributed by atoms with E-state index in [4.69, 9.17) is 11.6 Å².